The molecule has 7 nitrogen and oxygen atoms in total. The minimum Gasteiger partial charge on any atom is -0.480 e. The summed E-state index contributed by atoms with van der Waals surface area (Å²) in [5.74, 6) is -1.16. The Morgan fingerprint density at radius 3 is 2.43 bits per heavy atom. The molecule has 0 aliphatic carbocycles. The van der Waals surface area contributed by atoms with E-state index in [1.807, 2.05) is 13.8 Å². The Hall–Kier alpha value is -1.76. The van der Waals surface area contributed by atoms with Gasteiger partial charge < -0.3 is 15.2 Å². The molecule has 0 radical (unpaired) electrons. The largest absolute Gasteiger partial charge is 0.480 e. The van der Waals surface area contributed by atoms with Crippen molar-refractivity contribution in [1.29, 1.82) is 0 Å². The van der Waals surface area contributed by atoms with Gasteiger partial charge in [-0.2, -0.15) is 5.10 Å². The molecule has 1 heterocycles. The van der Waals surface area contributed by atoms with Crippen molar-refractivity contribution in [3.8, 4) is 0 Å². The van der Waals surface area contributed by atoms with Gasteiger partial charge in [0.15, 0.2) is 0 Å². The van der Waals surface area contributed by atoms with Gasteiger partial charge in [0.1, 0.15) is 11.6 Å². The second-order valence-electron chi connectivity index (χ2n) is 6.12. The number of alkyl carbamates (subject to hydrolysis) is 1. The highest BCUT2D eigenvalue weighted by Gasteiger charge is 2.27. The van der Waals surface area contributed by atoms with E-state index in [4.69, 9.17) is 16.3 Å². The second-order valence-corrected chi connectivity index (χ2v) is 6.50. The molecular formula is C15H24ClN3O4. The van der Waals surface area contributed by atoms with E-state index in [-0.39, 0.29) is 6.42 Å². The number of carbonyl (C=O) groups excluding carboxylic acids is 1. The lowest BCUT2D eigenvalue weighted by molar-refractivity contribution is -0.139. The molecule has 2 N–H and O–H groups in total. The molecule has 0 saturated carbocycles. The first-order valence-corrected chi connectivity index (χ1v) is 7.93. The van der Waals surface area contributed by atoms with Crippen molar-refractivity contribution in [2.75, 3.05) is 0 Å². The van der Waals surface area contributed by atoms with Crippen molar-refractivity contribution < 1.29 is 19.4 Å². The lowest BCUT2D eigenvalue weighted by Crippen LogP contribution is -2.45. The number of carbonyl (C=O) groups is 2. The molecule has 1 unspecified atom stereocenters. The third-order valence-corrected chi connectivity index (χ3v) is 3.52. The number of aromatic nitrogens is 2. The number of nitrogens with zero attached hydrogens (tertiary/aromatic N) is 2. The van der Waals surface area contributed by atoms with Crippen LogP contribution in [0.25, 0.3) is 0 Å². The fraction of sp³-hybridized carbons (Fsp3) is 0.667. The molecule has 0 spiro atoms. The van der Waals surface area contributed by atoms with Gasteiger partial charge in [0.25, 0.3) is 0 Å². The van der Waals surface area contributed by atoms with Crippen LogP contribution >= 0.6 is 11.6 Å². The van der Waals surface area contributed by atoms with Crippen LogP contribution in [-0.2, 0) is 28.9 Å². The zero-order valence-corrected chi connectivity index (χ0v) is 14.9. The van der Waals surface area contributed by atoms with Gasteiger partial charge in [-0.1, -0.05) is 18.5 Å². The van der Waals surface area contributed by atoms with Gasteiger partial charge in [-0.25, -0.2) is 9.59 Å². The van der Waals surface area contributed by atoms with Crippen molar-refractivity contribution in [2.24, 2.45) is 0 Å². The molecule has 130 valence electrons. The average molecular weight is 346 g/mol. The highest BCUT2D eigenvalue weighted by atomic mass is 35.5. The molecule has 0 bridgehead atoms. The lowest BCUT2D eigenvalue weighted by Gasteiger charge is -2.22. The third-order valence-electron chi connectivity index (χ3n) is 3.08. The summed E-state index contributed by atoms with van der Waals surface area (Å²) in [5, 5.41) is 16.5. The van der Waals surface area contributed by atoms with Gasteiger partial charge in [0.05, 0.1) is 16.4 Å². The summed E-state index contributed by atoms with van der Waals surface area (Å²) in [6, 6.07) is -1.14. The summed E-state index contributed by atoms with van der Waals surface area (Å²) in [7, 11) is 0. The highest BCUT2D eigenvalue weighted by Crippen LogP contribution is 2.23. The second kappa shape index (κ2) is 7.68. The molecule has 1 rings (SSSR count). The summed E-state index contributed by atoms with van der Waals surface area (Å²) < 4.78 is 6.76. The van der Waals surface area contributed by atoms with E-state index < -0.39 is 23.7 Å². The first kappa shape index (κ1) is 19.3. The molecule has 0 saturated heterocycles. The summed E-state index contributed by atoms with van der Waals surface area (Å²) in [6.45, 7) is 9.50. The Morgan fingerprint density at radius 2 is 2.00 bits per heavy atom. The van der Waals surface area contributed by atoms with E-state index in [0.717, 1.165) is 0 Å². The standard InChI is InChI=1S/C15H24ClN3O4/c1-6-9-12(16)11(19(7-2)18-9)8-10(13(20)21)17-14(22)23-15(3,4)5/h10H,6-8H2,1-5H3,(H,17,22)(H,20,21). The van der Waals surface area contributed by atoms with E-state index >= 15 is 0 Å². The maximum absolute atomic E-state index is 11.8. The SMILES string of the molecule is CCc1nn(CC)c(CC(NC(=O)OC(C)(C)C)C(=O)O)c1Cl. The zero-order valence-electron chi connectivity index (χ0n) is 14.1. The van der Waals surface area contributed by atoms with Crippen LogP contribution in [0.5, 0.6) is 0 Å². The monoisotopic (exact) mass is 345 g/mol. The van der Waals surface area contributed by atoms with Crippen LogP contribution in [-0.4, -0.2) is 38.6 Å². The summed E-state index contributed by atoms with van der Waals surface area (Å²) in [5.41, 5.74) is 0.602. The number of carboxylic acid groups (broad SMARTS) is 1. The zero-order chi connectivity index (χ0) is 17.8. The number of aliphatic carboxylic acids is 1. The molecule has 0 aliphatic rings. The molecule has 0 aromatic carbocycles. The fourth-order valence-electron chi connectivity index (χ4n) is 2.06. The number of hydrogen-bond donors (Lipinski definition) is 2. The quantitative estimate of drug-likeness (QED) is 0.826. The Balaban J connectivity index is 2.95. The van der Waals surface area contributed by atoms with Crippen LogP contribution in [0.15, 0.2) is 0 Å². The Kier molecular flexibility index (Phi) is 6.44. The van der Waals surface area contributed by atoms with E-state index in [0.29, 0.717) is 29.4 Å². The van der Waals surface area contributed by atoms with Crippen LogP contribution in [0.4, 0.5) is 4.79 Å². The van der Waals surface area contributed by atoms with Gasteiger partial charge in [-0.05, 0) is 34.1 Å². The third kappa shape index (κ3) is 5.42. The summed E-state index contributed by atoms with van der Waals surface area (Å²) in [6.07, 6.45) is -0.0936. The summed E-state index contributed by atoms with van der Waals surface area (Å²) in [4.78, 5) is 23.3. The molecule has 1 aromatic heterocycles. The summed E-state index contributed by atoms with van der Waals surface area (Å²) >= 11 is 6.28. The first-order valence-electron chi connectivity index (χ1n) is 7.55. The number of nitrogens with one attached hydrogen (secondary N) is 1. The van der Waals surface area contributed by atoms with E-state index in [1.165, 1.54) is 0 Å². The molecule has 1 aromatic rings. The smallest absolute Gasteiger partial charge is 0.408 e. The topological polar surface area (TPSA) is 93.5 Å². The number of ether oxygens (including phenoxy) is 1. The van der Waals surface area contributed by atoms with Crippen molar-refractivity contribution >= 4 is 23.7 Å². The molecule has 8 heteroatoms. The van der Waals surface area contributed by atoms with Crippen molar-refractivity contribution in [1.82, 2.24) is 15.1 Å². The maximum Gasteiger partial charge on any atom is 0.408 e. The first-order chi connectivity index (χ1) is 10.6. The molecular weight excluding hydrogens is 322 g/mol. The average Bonchev–Trinajstić information content (AvgIpc) is 2.72. The van der Waals surface area contributed by atoms with Crippen molar-refractivity contribution in [3.05, 3.63) is 16.4 Å². The number of carboxylic acids is 1. The minimum atomic E-state index is -1.16. The predicted molar refractivity (Wildman–Crippen MR) is 86.8 cm³/mol. The lowest BCUT2D eigenvalue weighted by atomic mass is 10.1. The van der Waals surface area contributed by atoms with Crippen molar-refractivity contribution in [2.45, 2.75) is 65.6 Å². The van der Waals surface area contributed by atoms with E-state index in [1.54, 1.807) is 25.5 Å². The van der Waals surface area contributed by atoms with E-state index in [9.17, 15) is 14.7 Å². The Morgan fingerprint density at radius 1 is 1.39 bits per heavy atom. The fourth-order valence-corrected chi connectivity index (χ4v) is 2.40. The van der Waals surface area contributed by atoms with Crippen LogP contribution in [0, 0.1) is 0 Å². The van der Waals surface area contributed by atoms with E-state index in [2.05, 4.69) is 10.4 Å². The normalized spacial score (nSPS) is 12.8. The number of hydrogen-bond acceptors (Lipinski definition) is 4. The number of halogens is 1. The van der Waals surface area contributed by atoms with Crippen LogP contribution in [0.1, 0.15) is 46.0 Å². The minimum absolute atomic E-state index is 0.0360. The molecule has 0 fully saturated rings. The van der Waals surface area contributed by atoms with Gasteiger partial charge in [0, 0.05) is 13.0 Å². The Labute approximate surface area is 141 Å². The number of aryl methyl sites for hydroxylation is 2. The maximum atomic E-state index is 11.8. The predicted octanol–water partition coefficient (Wildman–Crippen LogP) is 2.64. The van der Waals surface area contributed by atoms with Gasteiger partial charge in [0.2, 0.25) is 0 Å². The van der Waals surface area contributed by atoms with Gasteiger partial charge in [-0.15, -0.1) is 0 Å². The van der Waals surface area contributed by atoms with Crippen LogP contribution in [0.3, 0.4) is 0 Å². The Bertz CT molecular complexity index is 578. The van der Waals surface area contributed by atoms with Crippen LogP contribution in [0.2, 0.25) is 5.02 Å². The highest BCUT2D eigenvalue weighted by molar-refractivity contribution is 6.31. The van der Waals surface area contributed by atoms with Crippen LogP contribution < -0.4 is 5.32 Å². The van der Waals surface area contributed by atoms with Crippen molar-refractivity contribution in [3.63, 3.8) is 0 Å². The van der Waals surface area contributed by atoms with Gasteiger partial charge >= 0.3 is 12.1 Å². The molecule has 1 amide bonds. The molecule has 23 heavy (non-hydrogen) atoms. The van der Waals surface area contributed by atoms with Gasteiger partial charge in [-0.3, -0.25) is 4.68 Å². The number of rotatable bonds is 6. The molecule has 0 aliphatic heterocycles. The molecule has 1 atom stereocenters. The number of amides is 1.